The number of rotatable bonds is 6. The molecule has 8 heteroatoms. The first-order valence-corrected chi connectivity index (χ1v) is 5.33. The number of hydrogen-bond donors (Lipinski definition) is 0. The van der Waals surface area contributed by atoms with Crippen LogP contribution in [0, 0.1) is 0 Å². The van der Waals surface area contributed by atoms with E-state index in [1.165, 1.54) is 6.92 Å². The Labute approximate surface area is 92.6 Å². The van der Waals surface area contributed by atoms with Gasteiger partial charge in [0.25, 0.3) is 0 Å². The highest BCUT2D eigenvalue weighted by molar-refractivity contribution is 8.13. The maximum absolute atomic E-state index is 12.7. The molecule has 0 fully saturated rings. The third kappa shape index (κ3) is 3.88. The summed E-state index contributed by atoms with van der Waals surface area (Å²) in [6, 6.07) is 0. The second kappa shape index (κ2) is 5.79. The number of thioether (sulfide) groups is 1. The van der Waals surface area contributed by atoms with Gasteiger partial charge in [0, 0.05) is 18.6 Å². The summed E-state index contributed by atoms with van der Waals surface area (Å²) in [4.78, 5) is 10.7. The van der Waals surface area contributed by atoms with Crippen LogP contribution in [-0.4, -0.2) is 29.1 Å². The molecule has 0 aliphatic carbocycles. The van der Waals surface area contributed by atoms with E-state index < -0.39 is 35.6 Å². The molecule has 0 aromatic carbocycles. The average Bonchev–Trinajstić information content (AvgIpc) is 2.16. The lowest BCUT2D eigenvalue weighted by atomic mass is 10.1. The molecule has 0 rings (SSSR count). The van der Waals surface area contributed by atoms with Crippen LogP contribution in [0.3, 0.4) is 0 Å². The van der Waals surface area contributed by atoms with E-state index in [4.69, 9.17) is 0 Å². The van der Waals surface area contributed by atoms with Crippen LogP contribution < -0.4 is 0 Å². The molecule has 0 bridgehead atoms. The zero-order chi connectivity index (χ0) is 13.0. The molecular weight excluding hydrogens is 258 g/mol. The zero-order valence-electron chi connectivity index (χ0n) is 8.28. The fourth-order valence-electron chi connectivity index (χ4n) is 0.721. The minimum Gasteiger partial charge on any atom is -0.287 e. The van der Waals surface area contributed by atoms with Crippen molar-refractivity contribution in [3.63, 3.8) is 0 Å². The first-order chi connectivity index (χ1) is 7.15. The van der Waals surface area contributed by atoms with Crippen LogP contribution in [0.5, 0.6) is 0 Å². The van der Waals surface area contributed by atoms with Gasteiger partial charge in [-0.05, 0) is 0 Å². The number of carbonyl (C=O) groups excluding carboxylic acids is 1. The molecule has 0 N–H and O–H groups in total. The van der Waals surface area contributed by atoms with Crippen molar-refractivity contribution in [3.8, 4) is 0 Å². The smallest absolute Gasteiger partial charge is 0.287 e. The van der Waals surface area contributed by atoms with Gasteiger partial charge in [-0.3, -0.25) is 4.79 Å². The minimum atomic E-state index is -5.36. The van der Waals surface area contributed by atoms with E-state index in [9.17, 15) is 31.1 Å². The Morgan fingerprint density at radius 3 is 2.12 bits per heavy atom. The quantitative estimate of drug-likeness (QED) is 0.685. The van der Waals surface area contributed by atoms with Crippen molar-refractivity contribution in [1.82, 2.24) is 0 Å². The fourth-order valence-corrected chi connectivity index (χ4v) is 1.51. The Balaban J connectivity index is 4.29. The summed E-state index contributed by atoms with van der Waals surface area (Å²) in [5.74, 6) is -10.8. The highest BCUT2D eigenvalue weighted by atomic mass is 32.2. The monoisotopic (exact) mass is 268 g/mol. The predicted molar refractivity (Wildman–Crippen MR) is 48.3 cm³/mol. The summed E-state index contributed by atoms with van der Waals surface area (Å²) >= 11 is 0.434. The summed E-state index contributed by atoms with van der Waals surface area (Å²) in [6.45, 7) is 1.47. The molecule has 1 nitrogen and oxygen atoms in total. The van der Waals surface area contributed by atoms with Gasteiger partial charge in [-0.15, -0.1) is 0 Å². The SMILES string of the molecule is CCC(=O)SCCC(F)(F)C(F)(F)C(F)F. The molecule has 0 saturated heterocycles. The van der Waals surface area contributed by atoms with E-state index in [1.54, 1.807) is 0 Å². The van der Waals surface area contributed by atoms with E-state index in [-0.39, 0.29) is 6.42 Å². The Kier molecular flexibility index (Phi) is 5.64. The minimum absolute atomic E-state index is 0.0709. The molecule has 96 valence electrons. The first kappa shape index (κ1) is 15.6. The van der Waals surface area contributed by atoms with Gasteiger partial charge in [0.05, 0.1) is 0 Å². The van der Waals surface area contributed by atoms with Crippen molar-refractivity contribution < 1.29 is 31.1 Å². The van der Waals surface area contributed by atoms with Gasteiger partial charge in [-0.2, -0.15) is 17.6 Å². The van der Waals surface area contributed by atoms with Crippen LogP contribution >= 0.6 is 11.8 Å². The third-order valence-corrected chi connectivity index (χ3v) is 2.75. The highest BCUT2D eigenvalue weighted by Gasteiger charge is 2.62. The molecule has 0 radical (unpaired) electrons. The maximum atomic E-state index is 12.7. The second-order valence-corrected chi connectivity index (χ2v) is 4.10. The molecule has 0 aromatic rings. The molecular formula is C8H10F6OS. The molecule has 16 heavy (non-hydrogen) atoms. The standard InChI is InChI=1S/C8H10F6OS/c1-2-5(15)16-4-3-7(11,12)8(13,14)6(9)10/h6H,2-4H2,1H3. The van der Waals surface area contributed by atoms with E-state index in [0.29, 0.717) is 11.8 Å². The number of hydrogen-bond acceptors (Lipinski definition) is 2. The van der Waals surface area contributed by atoms with Crippen molar-refractivity contribution in [2.45, 2.75) is 38.0 Å². The largest absolute Gasteiger partial charge is 0.369 e. The van der Waals surface area contributed by atoms with Gasteiger partial charge in [-0.1, -0.05) is 18.7 Å². The molecule has 0 amide bonds. The molecule has 0 aromatic heterocycles. The van der Waals surface area contributed by atoms with Crippen LogP contribution in [0.2, 0.25) is 0 Å². The lowest BCUT2D eigenvalue weighted by Gasteiger charge is -2.25. The van der Waals surface area contributed by atoms with Crippen LogP contribution in [0.1, 0.15) is 19.8 Å². The summed E-state index contributed by atoms with van der Waals surface area (Å²) in [5.41, 5.74) is 0. The molecule has 0 aliphatic rings. The Bertz CT molecular complexity index is 243. The number of alkyl halides is 6. The van der Waals surface area contributed by atoms with Crippen molar-refractivity contribution >= 4 is 16.9 Å². The predicted octanol–water partition coefficient (Wildman–Crippen LogP) is 3.58. The van der Waals surface area contributed by atoms with Gasteiger partial charge in [0.1, 0.15) is 0 Å². The van der Waals surface area contributed by atoms with Gasteiger partial charge in [-0.25, -0.2) is 8.78 Å². The average molecular weight is 268 g/mol. The van der Waals surface area contributed by atoms with Crippen molar-refractivity contribution in [2.75, 3.05) is 5.75 Å². The Morgan fingerprint density at radius 1 is 1.25 bits per heavy atom. The van der Waals surface area contributed by atoms with E-state index in [0.717, 1.165) is 0 Å². The van der Waals surface area contributed by atoms with Gasteiger partial charge in [0.15, 0.2) is 5.12 Å². The molecule has 0 saturated carbocycles. The van der Waals surface area contributed by atoms with Crippen molar-refractivity contribution in [3.05, 3.63) is 0 Å². The highest BCUT2D eigenvalue weighted by Crippen LogP contribution is 2.41. The number of carbonyl (C=O) groups is 1. The summed E-state index contributed by atoms with van der Waals surface area (Å²) in [6.07, 6.45) is -5.81. The topological polar surface area (TPSA) is 17.1 Å². The Hall–Kier alpha value is -0.400. The molecule has 0 heterocycles. The summed E-state index contributed by atoms with van der Waals surface area (Å²) in [7, 11) is 0. The van der Waals surface area contributed by atoms with Crippen molar-refractivity contribution in [2.24, 2.45) is 0 Å². The molecule has 0 unspecified atom stereocenters. The van der Waals surface area contributed by atoms with E-state index in [1.807, 2.05) is 0 Å². The third-order valence-electron chi connectivity index (χ3n) is 1.73. The summed E-state index contributed by atoms with van der Waals surface area (Å²) in [5, 5.41) is -0.448. The normalized spacial score (nSPS) is 13.2. The van der Waals surface area contributed by atoms with Gasteiger partial charge >= 0.3 is 18.3 Å². The summed E-state index contributed by atoms with van der Waals surface area (Å²) < 4.78 is 73.3. The van der Waals surface area contributed by atoms with Crippen LogP contribution in [0.15, 0.2) is 0 Å². The number of halogens is 6. The zero-order valence-corrected chi connectivity index (χ0v) is 9.10. The lowest BCUT2D eigenvalue weighted by Crippen LogP contribution is -2.46. The molecule has 0 atom stereocenters. The van der Waals surface area contributed by atoms with E-state index in [2.05, 4.69) is 0 Å². The van der Waals surface area contributed by atoms with Gasteiger partial charge in [0.2, 0.25) is 0 Å². The van der Waals surface area contributed by atoms with E-state index >= 15 is 0 Å². The van der Waals surface area contributed by atoms with Crippen molar-refractivity contribution in [1.29, 1.82) is 0 Å². The van der Waals surface area contributed by atoms with Gasteiger partial charge < -0.3 is 0 Å². The molecule has 0 spiro atoms. The van der Waals surface area contributed by atoms with Crippen LogP contribution in [0.4, 0.5) is 26.3 Å². The molecule has 0 aliphatic heterocycles. The maximum Gasteiger partial charge on any atom is 0.369 e. The first-order valence-electron chi connectivity index (χ1n) is 4.34. The fraction of sp³-hybridized carbons (Fsp3) is 0.875. The van der Waals surface area contributed by atoms with Crippen LogP contribution in [0.25, 0.3) is 0 Å². The Morgan fingerprint density at radius 2 is 1.75 bits per heavy atom. The second-order valence-electron chi connectivity index (χ2n) is 2.95. The van der Waals surface area contributed by atoms with Crippen LogP contribution in [-0.2, 0) is 4.79 Å². The lowest BCUT2D eigenvalue weighted by molar-refractivity contribution is -0.263.